The van der Waals surface area contributed by atoms with Gasteiger partial charge < -0.3 is 4.43 Å². The molecule has 1 nitrogen and oxygen atoms in total. The molecule has 0 fully saturated rings. The van der Waals surface area contributed by atoms with Crippen molar-refractivity contribution in [1.29, 1.82) is 0 Å². The first-order valence-corrected chi connectivity index (χ1v) is 8.77. The van der Waals surface area contributed by atoms with E-state index in [0.29, 0.717) is 0 Å². The molecule has 1 aromatic carbocycles. The van der Waals surface area contributed by atoms with Gasteiger partial charge in [0.2, 0.25) is 0 Å². The Morgan fingerprint density at radius 2 is 1.84 bits per heavy atom. The molecule has 0 aliphatic carbocycles. The van der Waals surface area contributed by atoms with Crippen LogP contribution in [0, 0.1) is 0 Å². The van der Waals surface area contributed by atoms with Crippen LogP contribution in [0.15, 0.2) is 54.3 Å². The van der Waals surface area contributed by atoms with E-state index >= 15 is 0 Å². The second kappa shape index (κ2) is 6.35. The van der Waals surface area contributed by atoms with Gasteiger partial charge >= 0.3 is 0 Å². The van der Waals surface area contributed by atoms with E-state index in [4.69, 9.17) is 4.43 Å². The lowest BCUT2D eigenvalue weighted by molar-refractivity contribution is 0.380. The molecule has 0 heterocycles. The van der Waals surface area contributed by atoms with Gasteiger partial charge in [0.15, 0.2) is 0 Å². The third-order valence-electron chi connectivity index (χ3n) is 3.69. The van der Waals surface area contributed by atoms with Crippen LogP contribution < -0.4 is 5.19 Å². The Hall–Kier alpha value is -1.12. The molecular weight excluding hydrogens is 248 g/mol. The lowest BCUT2D eigenvalue weighted by Gasteiger charge is -2.43. The molecule has 1 unspecified atom stereocenters. The summed E-state index contributed by atoms with van der Waals surface area (Å²) in [5.41, 5.74) is 0. The van der Waals surface area contributed by atoms with Crippen LogP contribution in [0.1, 0.15) is 34.1 Å². The SMILES string of the molecule is C=CC=C(CC)[Si](OC)(c1ccccc1)C(C)(C)C. The molecule has 0 amide bonds. The molecule has 2 heteroatoms. The summed E-state index contributed by atoms with van der Waals surface area (Å²) in [6.45, 7) is 12.9. The van der Waals surface area contributed by atoms with Crippen LogP contribution in [0.3, 0.4) is 0 Å². The maximum atomic E-state index is 6.22. The third-order valence-corrected chi connectivity index (χ3v) is 8.99. The van der Waals surface area contributed by atoms with Gasteiger partial charge in [-0.05, 0) is 16.6 Å². The zero-order chi connectivity index (χ0) is 14.5. The molecule has 19 heavy (non-hydrogen) atoms. The first-order valence-electron chi connectivity index (χ1n) is 6.86. The van der Waals surface area contributed by atoms with Crippen molar-refractivity contribution in [3.63, 3.8) is 0 Å². The zero-order valence-electron chi connectivity index (χ0n) is 12.9. The zero-order valence-corrected chi connectivity index (χ0v) is 13.9. The number of hydrogen-bond donors (Lipinski definition) is 0. The van der Waals surface area contributed by atoms with Gasteiger partial charge in [0, 0.05) is 7.11 Å². The molecule has 0 spiro atoms. The number of hydrogen-bond acceptors (Lipinski definition) is 1. The Bertz CT molecular complexity index is 442. The van der Waals surface area contributed by atoms with E-state index in [-0.39, 0.29) is 5.04 Å². The molecule has 0 radical (unpaired) electrons. The largest absolute Gasteiger partial charge is 0.411 e. The van der Waals surface area contributed by atoms with E-state index in [1.165, 1.54) is 10.4 Å². The summed E-state index contributed by atoms with van der Waals surface area (Å²) in [7, 11) is -0.350. The molecule has 0 aromatic heterocycles. The maximum Gasteiger partial charge on any atom is 0.256 e. The van der Waals surface area contributed by atoms with Crippen molar-refractivity contribution in [2.45, 2.75) is 39.2 Å². The van der Waals surface area contributed by atoms with Crippen LogP contribution in [-0.4, -0.2) is 15.4 Å². The van der Waals surface area contributed by atoms with Crippen molar-refractivity contribution in [2.24, 2.45) is 0 Å². The molecule has 0 saturated heterocycles. The fourth-order valence-corrected chi connectivity index (χ4v) is 7.78. The summed E-state index contributed by atoms with van der Waals surface area (Å²) in [6, 6.07) is 10.7. The predicted octanol–water partition coefficient (Wildman–Crippen LogP) is 4.35. The summed E-state index contributed by atoms with van der Waals surface area (Å²) in [5.74, 6) is 0. The van der Waals surface area contributed by atoms with Gasteiger partial charge in [0.25, 0.3) is 8.32 Å². The fraction of sp³-hybridized carbons (Fsp3) is 0.412. The van der Waals surface area contributed by atoms with Crippen LogP contribution >= 0.6 is 0 Å². The van der Waals surface area contributed by atoms with Crippen molar-refractivity contribution < 1.29 is 4.43 Å². The number of rotatable bonds is 5. The molecule has 0 N–H and O–H groups in total. The molecule has 1 atom stereocenters. The van der Waals surface area contributed by atoms with E-state index in [2.05, 4.69) is 70.7 Å². The van der Waals surface area contributed by atoms with Gasteiger partial charge in [0.1, 0.15) is 0 Å². The van der Waals surface area contributed by atoms with E-state index in [0.717, 1.165) is 6.42 Å². The average Bonchev–Trinajstić information content (AvgIpc) is 2.38. The summed E-state index contributed by atoms with van der Waals surface area (Å²) < 4.78 is 6.22. The molecule has 0 saturated carbocycles. The summed E-state index contributed by atoms with van der Waals surface area (Å²) in [5, 5.41) is 2.82. The van der Waals surface area contributed by atoms with Crippen molar-refractivity contribution in [2.75, 3.05) is 7.11 Å². The topological polar surface area (TPSA) is 9.23 Å². The van der Waals surface area contributed by atoms with Crippen LogP contribution in [0.4, 0.5) is 0 Å². The minimum absolute atomic E-state index is 0.0912. The highest BCUT2D eigenvalue weighted by Gasteiger charge is 2.49. The Morgan fingerprint density at radius 3 is 2.21 bits per heavy atom. The van der Waals surface area contributed by atoms with Crippen LogP contribution in [0.25, 0.3) is 0 Å². The summed E-state index contributed by atoms with van der Waals surface area (Å²) in [4.78, 5) is 0. The molecule has 104 valence electrons. The molecule has 1 rings (SSSR count). The van der Waals surface area contributed by atoms with Gasteiger partial charge in [-0.15, -0.1) is 0 Å². The average molecular weight is 274 g/mol. The Labute approximate surface area is 119 Å². The second-order valence-corrected chi connectivity index (χ2v) is 10.3. The van der Waals surface area contributed by atoms with Gasteiger partial charge in [-0.2, -0.15) is 0 Å². The molecule has 0 aliphatic heterocycles. The minimum atomic E-state index is -2.21. The van der Waals surface area contributed by atoms with Crippen LogP contribution in [0.2, 0.25) is 5.04 Å². The Morgan fingerprint density at radius 1 is 1.26 bits per heavy atom. The Balaban J connectivity index is 3.57. The summed E-state index contributed by atoms with van der Waals surface area (Å²) >= 11 is 0. The second-order valence-electron chi connectivity index (χ2n) is 5.78. The highest BCUT2D eigenvalue weighted by molar-refractivity contribution is 6.94. The fourth-order valence-electron chi connectivity index (χ4n) is 2.95. The van der Waals surface area contributed by atoms with Crippen molar-refractivity contribution in [3.8, 4) is 0 Å². The number of benzene rings is 1. The van der Waals surface area contributed by atoms with E-state index < -0.39 is 8.32 Å². The monoisotopic (exact) mass is 274 g/mol. The van der Waals surface area contributed by atoms with Gasteiger partial charge in [0.05, 0.1) is 0 Å². The smallest absolute Gasteiger partial charge is 0.256 e. The van der Waals surface area contributed by atoms with Crippen molar-refractivity contribution in [1.82, 2.24) is 0 Å². The minimum Gasteiger partial charge on any atom is -0.411 e. The predicted molar refractivity (Wildman–Crippen MR) is 87.1 cm³/mol. The van der Waals surface area contributed by atoms with Crippen LogP contribution in [-0.2, 0) is 4.43 Å². The lowest BCUT2D eigenvalue weighted by atomic mass is 10.2. The van der Waals surface area contributed by atoms with Gasteiger partial charge in [-0.1, -0.05) is 82.0 Å². The molecule has 1 aromatic rings. The first-order chi connectivity index (χ1) is 8.94. The highest BCUT2D eigenvalue weighted by Crippen LogP contribution is 2.41. The molecule has 0 bridgehead atoms. The van der Waals surface area contributed by atoms with Crippen molar-refractivity contribution >= 4 is 13.5 Å². The quantitative estimate of drug-likeness (QED) is 0.573. The molecular formula is C17H26OSi. The normalized spacial score (nSPS) is 15.9. The van der Waals surface area contributed by atoms with E-state index in [1.807, 2.05) is 13.2 Å². The maximum absolute atomic E-state index is 6.22. The van der Waals surface area contributed by atoms with Crippen LogP contribution in [0.5, 0.6) is 0 Å². The van der Waals surface area contributed by atoms with Gasteiger partial charge in [-0.25, -0.2) is 0 Å². The molecule has 0 aliphatic rings. The van der Waals surface area contributed by atoms with Crippen molar-refractivity contribution in [3.05, 3.63) is 54.3 Å². The number of allylic oxidation sites excluding steroid dienone is 3. The first kappa shape index (κ1) is 15.9. The highest BCUT2D eigenvalue weighted by atomic mass is 28.4. The summed E-state index contributed by atoms with van der Waals surface area (Å²) in [6.07, 6.45) is 5.03. The Kier molecular flexibility index (Phi) is 5.33. The third kappa shape index (κ3) is 2.90. The van der Waals surface area contributed by atoms with Gasteiger partial charge in [-0.3, -0.25) is 0 Å². The van der Waals surface area contributed by atoms with E-state index in [9.17, 15) is 0 Å². The van der Waals surface area contributed by atoms with E-state index in [1.54, 1.807) is 0 Å². The lowest BCUT2D eigenvalue weighted by Crippen LogP contribution is -2.59. The standard InChI is InChI=1S/C17H26OSi/c1-7-12-15(8-2)19(18-6,17(3,4)5)16-13-10-9-11-14-16/h7,9-14H,1,8H2,2-6H3.